The highest BCUT2D eigenvalue weighted by molar-refractivity contribution is 5.68. The molecule has 1 aliphatic heterocycles. The number of likely N-dealkylation sites (tertiary alicyclic amines) is 1. The van der Waals surface area contributed by atoms with Gasteiger partial charge in [-0.2, -0.15) is 5.10 Å². The van der Waals surface area contributed by atoms with Crippen LogP contribution in [0.1, 0.15) is 95.0 Å². The molecule has 1 unspecified atom stereocenters. The van der Waals surface area contributed by atoms with Gasteiger partial charge in [-0.05, 0) is 72.3 Å². The molecule has 33 heavy (non-hydrogen) atoms. The maximum atomic E-state index is 12.5. The van der Waals surface area contributed by atoms with Gasteiger partial charge < -0.3 is 15.0 Å². The van der Waals surface area contributed by atoms with Crippen LogP contribution in [0.15, 0.2) is 30.3 Å². The van der Waals surface area contributed by atoms with Gasteiger partial charge in [0.1, 0.15) is 17.2 Å². The normalized spacial score (nSPS) is 19.8. The quantitative estimate of drug-likeness (QED) is 0.628. The minimum Gasteiger partial charge on any atom is -0.444 e. The molecular formula is C26H39N5O2. The fourth-order valence-corrected chi connectivity index (χ4v) is 4.81. The van der Waals surface area contributed by atoms with Crippen molar-refractivity contribution in [2.24, 2.45) is 0 Å². The number of aryl methyl sites for hydroxylation is 1. The highest BCUT2D eigenvalue weighted by atomic mass is 16.6. The highest BCUT2D eigenvalue weighted by Crippen LogP contribution is 2.41. The second-order valence-electron chi connectivity index (χ2n) is 10.7. The Kier molecular flexibility index (Phi) is 7.07. The Morgan fingerprint density at radius 2 is 1.82 bits per heavy atom. The van der Waals surface area contributed by atoms with Gasteiger partial charge in [0.05, 0.1) is 12.1 Å². The van der Waals surface area contributed by atoms with Gasteiger partial charge in [-0.3, -0.25) is 0 Å². The molecule has 1 saturated carbocycles. The topological polar surface area (TPSA) is 72.3 Å². The molecule has 1 saturated heterocycles. The molecule has 2 fully saturated rings. The van der Waals surface area contributed by atoms with E-state index in [4.69, 9.17) is 14.8 Å². The zero-order valence-corrected chi connectivity index (χ0v) is 20.8. The first-order valence-corrected chi connectivity index (χ1v) is 12.4. The van der Waals surface area contributed by atoms with Crippen molar-refractivity contribution in [3.8, 4) is 0 Å². The number of aromatic nitrogens is 3. The standard InChI is InChI=1S/C26H39N5O2/c1-18(17-23(20-9-7-6-8-10-20)28-25(32)33-26(3,4)5)30-15-13-22(14-16-30)31-24(21-11-12-21)27-19(2)29-31/h6-10,18,21-23H,11-17H2,1-5H3,(H,28,32)/t18?,23-/m0/s1. The van der Waals surface area contributed by atoms with Crippen molar-refractivity contribution in [3.63, 3.8) is 0 Å². The number of carbonyl (C=O) groups excluding carboxylic acids is 1. The first kappa shape index (κ1) is 23.7. The lowest BCUT2D eigenvalue weighted by atomic mass is 9.96. The highest BCUT2D eigenvalue weighted by Gasteiger charge is 2.33. The lowest BCUT2D eigenvalue weighted by Gasteiger charge is -2.37. The largest absolute Gasteiger partial charge is 0.444 e. The summed E-state index contributed by atoms with van der Waals surface area (Å²) in [5.74, 6) is 2.71. The Morgan fingerprint density at radius 1 is 1.15 bits per heavy atom. The Morgan fingerprint density at radius 3 is 2.42 bits per heavy atom. The number of amides is 1. The average molecular weight is 454 g/mol. The Hall–Kier alpha value is -2.41. The van der Waals surface area contributed by atoms with Crippen molar-refractivity contribution in [3.05, 3.63) is 47.5 Å². The first-order valence-electron chi connectivity index (χ1n) is 12.4. The third-order valence-electron chi connectivity index (χ3n) is 6.64. The molecule has 2 atom stereocenters. The molecule has 1 aromatic heterocycles. The molecular weight excluding hydrogens is 414 g/mol. The Bertz CT molecular complexity index is 924. The number of nitrogens with one attached hydrogen (secondary N) is 1. The van der Waals surface area contributed by atoms with E-state index in [9.17, 15) is 4.79 Å². The summed E-state index contributed by atoms with van der Waals surface area (Å²) in [6, 6.07) is 10.9. The summed E-state index contributed by atoms with van der Waals surface area (Å²) in [7, 11) is 0. The molecule has 1 N–H and O–H groups in total. The minimum absolute atomic E-state index is 0.0896. The lowest BCUT2D eigenvalue weighted by Crippen LogP contribution is -2.43. The van der Waals surface area contributed by atoms with Crippen LogP contribution < -0.4 is 5.32 Å². The van der Waals surface area contributed by atoms with Crippen molar-refractivity contribution in [2.75, 3.05) is 13.1 Å². The number of ether oxygens (including phenoxy) is 1. The van der Waals surface area contributed by atoms with Gasteiger partial charge in [-0.25, -0.2) is 14.5 Å². The zero-order valence-electron chi connectivity index (χ0n) is 20.8. The molecule has 0 bridgehead atoms. The summed E-state index contributed by atoms with van der Waals surface area (Å²) in [5, 5.41) is 7.85. The van der Waals surface area contributed by atoms with Crippen molar-refractivity contribution >= 4 is 6.09 Å². The number of rotatable bonds is 7. The maximum Gasteiger partial charge on any atom is 0.408 e. The summed E-state index contributed by atoms with van der Waals surface area (Å²) in [5.41, 5.74) is 0.593. The number of nitrogens with zero attached hydrogens (tertiary/aromatic N) is 4. The SMILES string of the molecule is Cc1nc(C2CC2)n(C2CCN(C(C)C[C@H](NC(=O)OC(C)(C)C)c3ccccc3)CC2)n1. The van der Waals surface area contributed by atoms with Gasteiger partial charge >= 0.3 is 6.09 Å². The number of hydrogen-bond acceptors (Lipinski definition) is 5. The van der Waals surface area contributed by atoms with E-state index in [-0.39, 0.29) is 12.1 Å². The number of piperidine rings is 1. The van der Waals surface area contributed by atoms with Crippen LogP contribution in [0.2, 0.25) is 0 Å². The number of alkyl carbamates (subject to hydrolysis) is 1. The van der Waals surface area contributed by atoms with Crippen molar-refractivity contribution in [1.29, 1.82) is 0 Å². The molecule has 0 spiro atoms. The number of benzene rings is 1. The van der Waals surface area contributed by atoms with Gasteiger partial charge in [-0.1, -0.05) is 30.3 Å². The van der Waals surface area contributed by atoms with E-state index < -0.39 is 5.60 Å². The van der Waals surface area contributed by atoms with Crippen LogP contribution in [0.4, 0.5) is 4.79 Å². The third kappa shape index (κ3) is 6.34. The van der Waals surface area contributed by atoms with Crippen molar-refractivity contribution < 1.29 is 9.53 Å². The zero-order chi connectivity index (χ0) is 23.6. The summed E-state index contributed by atoms with van der Waals surface area (Å²) in [6.45, 7) is 12.0. The second-order valence-corrected chi connectivity index (χ2v) is 10.7. The minimum atomic E-state index is -0.516. The molecule has 4 rings (SSSR count). The number of carbonyl (C=O) groups is 1. The fourth-order valence-electron chi connectivity index (χ4n) is 4.81. The predicted molar refractivity (Wildman–Crippen MR) is 129 cm³/mol. The molecule has 7 nitrogen and oxygen atoms in total. The van der Waals surface area contributed by atoms with Crippen LogP contribution in [-0.4, -0.2) is 50.5 Å². The molecule has 2 aliphatic rings. The van der Waals surface area contributed by atoms with E-state index in [2.05, 4.69) is 34.0 Å². The molecule has 1 aromatic carbocycles. The van der Waals surface area contributed by atoms with Gasteiger partial charge in [0.25, 0.3) is 0 Å². The Labute approximate surface area is 197 Å². The molecule has 0 radical (unpaired) electrons. The molecule has 1 amide bonds. The average Bonchev–Trinajstić information content (AvgIpc) is 3.54. The van der Waals surface area contributed by atoms with E-state index in [1.165, 1.54) is 18.7 Å². The predicted octanol–water partition coefficient (Wildman–Crippen LogP) is 5.15. The van der Waals surface area contributed by atoms with Crippen molar-refractivity contribution in [2.45, 2.75) is 96.4 Å². The molecule has 2 heterocycles. The molecule has 2 aromatic rings. The van der Waals surface area contributed by atoms with E-state index in [1.54, 1.807) is 0 Å². The third-order valence-corrected chi connectivity index (χ3v) is 6.64. The molecule has 1 aliphatic carbocycles. The van der Waals surface area contributed by atoms with E-state index in [1.807, 2.05) is 45.9 Å². The molecule has 7 heteroatoms. The van der Waals surface area contributed by atoms with Crippen LogP contribution in [0.25, 0.3) is 0 Å². The summed E-state index contributed by atoms with van der Waals surface area (Å²) in [6.07, 6.45) is 5.14. The van der Waals surface area contributed by atoms with Crippen LogP contribution >= 0.6 is 0 Å². The van der Waals surface area contributed by atoms with Crippen molar-refractivity contribution in [1.82, 2.24) is 25.0 Å². The van der Waals surface area contributed by atoms with E-state index in [0.29, 0.717) is 18.0 Å². The maximum absolute atomic E-state index is 12.5. The van der Waals surface area contributed by atoms with Gasteiger partial charge in [0.2, 0.25) is 0 Å². The smallest absolute Gasteiger partial charge is 0.408 e. The first-order chi connectivity index (χ1) is 15.7. The second kappa shape index (κ2) is 9.84. The summed E-state index contributed by atoms with van der Waals surface area (Å²) in [4.78, 5) is 19.8. The number of hydrogen-bond donors (Lipinski definition) is 1. The fraction of sp³-hybridized carbons (Fsp3) is 0.654. The van der Waals surface area contributed by atoms with Gasteiger partial charge in [0, 0.05) is 25.0 Å². The van der Waals surface area contributed by atoms with E-state index >= 15 is 0 Å². The summed E-state index contributed by atoms with van der Waals surface area (Å²) < 4.78 is 7.77. The summed E-state index contributed by atoms with van der Waals surface area (Å²) >= 11 is 0. The molecule has 180 valence electrons. The van der Waals surface area contributed by atoms with Crippen LogP contribution in [0, 0.1) is 6.92 Å². The van der Waals surface area contributed by atoms with Crippen LogP contribution in [0.5, 0.6) is 0 Å². The van der Waals surface area contributed by atoms with Crippen LogP contribution in [0.3, 0.4) is 0 Å². The van der Waals surface area contributed by atoms with E-state index in [0.717, 1.165) is 43.7 Å². The lowest BCUT2D eigenvalue weighted by molar-refractivity contribution is 0.0486. The Balaban J connectivity index is 1.37. The van der Waals surface area contributed by atoms with Gasteiger partial charge in [0.15, 0.2) is 0 Å². The monoisotopic (exact) mass is 453 g/mol. The van der Waals surface area contributed by atoms with Gasteiger partial charge in [-0.15, -0.1) is 0 Å². The van der Waals surface area contributed by atoms with Crippen LogP contribution in [-0.2, 0) is 4.74 Å².